The Morgan fingerprint density at radius 2 is 2.05 bits per heavy atom. The number of nitrogens with one attached hydrogen (secondary N) is 2. The number of nitrogens with zero attached hydrogens (tertiary/aromatic N) is 2. The molecule has 0 bridgehead atoms. The maximum atomic E-state index is 12.0. The third kappa shape index (κ3) is 3.22. The third-order valence-electron chi connectivity index (χ3n) is 2.01. The lowest BCUT2D eigenvalue weighted by atomic mass is 10.5. The highest BCUT2D eigenvalue weighted by molar-refractivity contribution is 7.92. The lowest BCUT2D eigenvalue weighted by Gasteiger charge is -2.06. The fourth-order valence-electron chi connectivity index (χ4n) is 1.18. The first-order valence-electron chi connectivity index (χ1n) is 4.78. The highest BCUT2D eigenvalue weighted by Gasteiger charge is 2.16. The first-order valence-corrected chi connectivity index (χ1v) is 7.02. The Kier molecular flexibility index (Phi) is 3.74. The van der Waals surface area contributed by atoms with Gasteiger partial charge in [-0.3, -0.25) is 9.52 Å². The van der Waals surface area contributed by atoms with Gasteiger partial charge in [-0.1, -0.05) is 11.6 Å². The lowest BCUT2D eigenvalue weighted by Crippen LogP contribution is -2.16. The minimum absolute atomic E-state index is 0.00215. The van der Waals surface area contributed by atoms with Gasteiger partial charge in [-0.05, 0) is 23.7 Å². The van der Waals surface area contributed by atoms with Crippen LogP contribution in [0.5, 0.6) is 0 Å². The van der Waals surface area contributed by atoms with E-state index in [9.17, 15) is 13.2 Å². The summed E-state index contributed by atoms with van der Waals surface area (Å²) in [4.78, 5) is 20.4. The van der Waals surface area contributed by atoms with E-state index in [1.54, 1.807) is 0 Å². The fraction of sp³-hybridized carbons (Fsp3) is 0. The molecule has 2 aromatic heterocycles. The Morgan fingerprint density at radius 3 is 2.68 bits per heavy atom. The standard InChI is InChI=1S/C9H6Cl2N4O3S/c10-6-3-5(4-13-8(6)16)19(17,18)15-7-1-2-12-9(11)14-7/h1-4H,(H,13,16)(H,12,14,15). The van der Waals surface area contributed by atoms with Crippen molar-refractivity contribution < 1.29 is 8.42 Å². The molecular weight excluding hydrogens is 315 g/mol. The second-order valence-electron chi connectivity index (χ2n) is 3.33. The number of sulfonamides is 1. The molecule has 10 heteroatoms. The van der Waals surface area contributed by atoms with Gasteiger partial charge >= 0.3 is 0 Å². The van der Waals surface area contributed by atoms with Crippen molar-refractivity contribution in [3.8, 4) is 0 Å². The van der Waals surface area contributed by atoms with E-state index >= 15 is 0 Å². The lowest BCUT2D eigenvalue weighted by molar-refractivity contribution is 0.600. The number of aromatic amines is 1. The Bertz CT molecular complexity index is 775. The molecule has 2 N–H and O–H groups in total. The minimum atomic E-state index is -3.92. The Morgan fingerprint density at radius 1 is 1.32 bits per heavy atom. The quantitative estimate of drug-likeness (QED) is 0.828. The SMILES string of the molecule is O=c1[nH]cc(S(=O)(=O)Nc2ccnc(Cl)n2)cc1Cl. The minimum Gasteiger partial charge on any atom is -0.326 e. The van der Waals surface area contributed by atoms with E-state index in [-0.39, 0.29) is 21.0 Å². The zero-order valence-corrected chi connectivity index (χ0v) is 11.4. The molecule has 0 atom stereocenters. The van der Waals surface area contributed by atoms with Crippen molar-refractivity contribution in [2.45, 2.75) is 4.90 Å². The zero-order valence-electron chi connectivity index (χ0n) is 9.09. The molecule has 2 heterocycles. The fourth-order valence-corrected chi connectivity index (χ4v) is 2.56. The smallest absolute Gasteiger partial charge is 0.266 e. The van der Waals surface area contributed by atoms with Gasteiger partial charge in [0.2, 0.25) is 5.28 Å². The number of rotatable bonds is 3. The number of aromatic nitrogens is 3. The van der Waals surface area contributed by atoms with Gasteiger partial charge < -0.3 is 4.98 Å². The molecule has 0 amide bonds. The van der Waals surface area contributed by atoms with Crippen LogP contribution < -0.4 is 10.3 Å². The average Bonchev–Trinajstić information content (AvgIpc) is 2.32. The van der Waals surface area contributed by atoms with Crippen molar-refractivity contribution in [3.63, 3.8) is 0 Å². The van der Waals surface area contributed by atoms with Crippen LogP contribution in [0.1, 0.15) is 0 Å². The van der Waals surface area contributed by atoms with Crippen molar-refractivity contribution in [2.75, 3.05) is 4.72 Å². The van der Waals surface area contributed by atoms with E-state index in [0.717, 1.165) is 12.3 Å². The molecule has 0 radical (unpaired) electrons. The molecule has 0 unspecified atom stereocenters. The molecule has 2 aromatic rings. The summed E-state index contributed by atoms with van der Waals surface area (Å²) in [5.74, 6) is 0.00215. The number of pyridine rings is 1. The van der Waals surface area contributed by atoms with Crippen LogP contribution in [0.2, 0.25) is 10.3 Å². The zero-order chi connectivity index (χ0) is 14.0. The van der Waals surface area contributed by atoms with Gasteiger partial charge in [0.05, 0.1) is 0 Å². The molecule has 2 rings (SSSR count). The van der Waals surface area contributed by atoms with Crippen LogP contribution in [0.15, 0.2) is 34.2 Å². The molecule has 0 aliphatic carbocycles. The van der Waals surface area contributed by atoms with Crippen molar-refractivity contribution in [2.24, 2.45) is 0 Å². The average molecular weight is 321 g/mol. The van der Waals surface area contributed by atoms with Crippen LogP contribution >= 0.6 is 23.2 Å². The highest BCUT2D eigenvalue weighted by Crippen LogP contribution is 2.15. The van der Waals surface area contributed by atoms with Crippen LogP contribution in [0.3, 0.4) is 0 Å². The van der Waals surface area contributed by atoms with Crippen molar-refractivity contribution in [3.05, 3.63) is 45.2 Å². The summed E-state index contributed by atoms with van der Waals surface area (Å²) in [7, 11) is -3.92. The summed E-state index contributed by atoms with van der Waals surface area (Å²) in [6, 6.07) is 2.36. The number of halogens is 2. The molecule has 19 heavy (non-hydrogen) atoms. The summed E-state index contributed by atoms with van der Waals surface area (Å²) in [6.07, 6.45) is 2.33. The number of H-pyrrole nitrogens is 1. The summed E-state index contributed by atoms with van der Waals surface area (Å²) < 4.78 is 26.1. The van der Waals surface area contributed by atoms with E-state index < -0.39 is 15.6 Å². The Balaban J connectivity index is 2.37. The normalized spacial score (nSPS) is 11.3. The maximum absolute atomic E-state index is 12.0. The number of hydrogen-bond donors (Lipinski definition) is 2. The predicted molar refractivity (Wildman–Crippen MR) is 69.9 cm³/mol. The van der Waals surface area contributed by atoms with E-state index in [0.29, 0.717) is 0 Å². The van der Waals surface area contributed by atoms with Gasteiger partial charge in [0.25, 0.3) is 15.6 Å². The van der Waals surface area contributed by atoms with Gasteiger partial charge in [0.1, 0.15) is 15.7 Å². The van der Waals surface area contributed by atoms with E-state index in [1.165, 1.54) is 12.3 Å². The molecule has 100 valence electrons. The molecule has 0 fully saturated rings. The highest BCUT2D eigenvalue weighted by atomic mass is 35.5. The molecule has 0 saturated carbocycles. The Hall–Kier alpha value is -1.64. The van der Waals surface area contributed by atoms with Crippen LogP contribution in [0.4, 0.5) is 5.82 Å². The summed E-state index contributed by atoms with van der Waals surface area (Å²) in [5.41, 5.74) is -0.578. The maximum Gasteiger partial charge on any atom is 0.266 e. The van der Waals surface area contributed by atoms with E-state index in [4.69, 9.17) is 23.2 Å². The van der Waals surface area contributed by atoms with Crippen LogP contribution in [-0.2, 0) is 10.0 Å². The summed E-state index contributed by atoms with van der Waals surface area (Å²) in [5, 5.41) is -0.330. The predicted octanol–water partition coefficient (Wildman–Crippen LogP) is 1.27. The van der Waals surface area contributed by atoms with E-state index in [2.05, 4.69) is 19.7 Å². The summed E-state index contributed by atoms with van der Waals surface area (Å²) >= 11 is 11.1. The summed E-state index contributed by atoms with van der Waals surface area (Å²) in [6.45, 7) is 0. The molecule has 0 aromatic carbocycles. The van der Waals surface area contributed by atoms with Crippen molar-refractivity contribution in [1.82, 2.24) is 15.0 Å². The first-order chi connectivity index (χ1) is 8.88. The molecule has 7 nitrogen and oxygen atoms in total. The molecule has 0 saturated heterocycles. The third-order valence-corrected chi connectivity index (χ3v) is 3.80. The first kappa shape index (κ1) is 13.8. The van der Waals surface area contributed by atoms with Gasteiger partial charge in [-0.15, -0.1) is 0 Å². The molecule has 0 aliphatic rings. The van der Waals surface area contributed by atoms with Crippen LogP contribution in [-0.4, -0.2) is 23.4 Å². The van der Waals surface area contributed by atoms with Gasteiger partial charge in [-0.2, -0.15) is 4.98 Å². The molecule has 0 aliphatic heterocycles. The monoisotopic (exact) mass is 320 g/mol. The van der Waals surface area contributed by atoms with Crippen molar-refractivity contribution in [1.29, 1.82) is 0 Å². The van der Waals surface area contributed by atoms with Crippen LogP contribution in [0, 0.1) is 0 Å². The molecular formula is C9H6Cl2N4O3S. The topological polar surface area (TPSA) is 105 Å². The van der Waals surface area contributed by atoms with Gasteiger partial charge in [0, 0.05) is 12.4 Å². The van der Waals surface area contributed by atoms with E-state index in [1.807, 2.05) is 0 Å². The number of anilines is 1. The van der Waals surface area contributed by atoms with Crippen molar-refractivity contribution >= 4 is 39.0 Å². The second-order valence-corrected chi connectivity index (χ2v) is 5.76. The number of hydrogen-bond acceptors (Lipinski definition) is 5. The van der Waals surface area contributed by atoms with Gasteiger partial charge in [0.15, 0.2) is 0 Å². The van der Waals surface area contributed by atoms with Crippen LogP contribution in [0.25, 0.3) is 0 Å². The second kappa shape index (κ2) is 5.16. The molecule has 0 spiro atoms. The largest absolute Gasteiger partial charge is 0.326 e. The Labute approximate surface area is 117 Å². The van der Waals surface area contributed by atoms with Gasteiger partial charge in [-0.25, -0.2) is 13.4 Å².